The van der Waals surface area contributed by atoms with Crippen LogP contribution in [-0.2, 0) is 0 Å². The van der Waals surface area contributed by atoms with Crippen LogP contribution in [0.25, 0.3) is 10.9 Å². The molecule has 0 radical (unpaired) electrons. The second-order valence-corrected chi connectivity index (χ2v) is 4.65. The number of rotatable bonds is 1. The van der Waals surface area contributed by atoms with Crippen molar-refractivity contribution in [1.82, 2.24) is 4.57 Å². The van der Waals surface area contributed by atoms with E-state index in [0.29, 0.717) is 6.04 Å². The largest absolute Gasteiger partial charge is 0.332 e. The Morgan fingerprint density at radius 3 is 2.50 bits per heavy atom. The standard InChI is InChI=1S/C12H14BrN/c1-8(2)14-11-7-5-4-6-10(11)9(3)12(14)13/h4-8H,1-3H3. The molecule has 1 heterocycles. The molecule has 0 saturated carbocycles. The van der Waals surface area contributed by atoms with Gasteiger partial charge < -0.3 is 4.57 Å². The van der Waals surface area contributed by atoms with E-state index in [9.17, 15) is 0 Å². The van der Waals surface area contributed by atoms with Crippen LogP contribution in [-0.4, -0.2) is 4.57 Å². The Hall–Kier alpha value is -0.760. The first kappa shape index (κ1) is 9.78. The first-order chi connectivity index (χ1) is 6.63. The first-order valence-electron chi connectivity index (χ1n) is 4.88. The quantitative estimate of drug-likeness (QED) is 0.713. The van der Waals surface area contributed by atoms with Crippen molar-refractivity contribution < 1.29 is 0 Å². The van der Waals surface area contributed by atoms with Gasteiger partial charge in [-0.25, -0.2) is 0 Å². The van der Waals surface area contributed by atoms with Gasteiger partial charge in [0.2, 0.25) is 0 Å². The average Bonchev–Trinajstić information content (AvgIpc) is 2.41. The second kappa shape index (κ2) is 3.43. The molecule has 0 atom stereocenters. The van der Waals surface area contributed by atoms with Crippen molar-refractivity contribution in [3.05, 3.63) is 34.4 Å². The van der Waals surface area contributed by atoms with Gasteiger partial charge in [0.05, 0.1) is 4.60 Å². The fourth-order valence-electron chi connectivity index (χ4n) is 1.90. The molecule has 2 heteroatoms. The summed E-state index contributed by atoms with van der Waals surface area (Å²) in [5.74, 6) is 0. The summed E-state index contributed by atoms with van der Waals surface area (Å²) in [7, 11) is 0. The molecular weight excluding hydrogens is 238 g/mol. The molecule has 0 N–H and O–H groups in total. The summed E-state index contributed by atoms with van der Waals surface area (Å²) in [6.45, 7) is 6.57. The third-order valence-electron chi connectivity index (χ3n) is 2.60. The molecule has 0 unspecified atom stereocenters. The monoisotopic (exact) mass is 251 g/mol. The van der Waals surface area contributed by atoms with Crippen LogP contribution in [0.5, 0.6) is 0 Å². The summed E-state index contributed by atoms with van der Waals surface area (Å²) in [6.07, 6.45) is 0. The zero-order chi connectivity index (χ0) is 10.3. The smallest absolute Gasteiger partial charge is 0.0889 e. The highest BCUT2D eigenvalue weighted by atomic mass is 79.9. The van der Waals surface area contributed by atoms with Crippen molar-refractivity contribution in [2.75, 3.05) is 0 Å². The number of benzene rings is 1. The minimum Gasteiger partial charge on any atom is -0.332 e. The Morgan fingerprint density at radius 1 is 1.21 bits per heavy atom. The van der Waals surface area contributed by atoms with Crippen LogP contribution in [0.3, 0.4) is 0 Å². The fourth-order valence-corrected chi connectivity index (χ4v) is 2.72. The highest BCUT2D eigenvalue weighted by Gasteiger charge is 2.12. The van der Waals surface area contributed by atoms with E-state index >= 15 is 0 Å². The molecule has 74 valence electrons. The molecule has 0 fully saturated rings. The van der Waals surface area contributed by atoms with E-state index in [2.05, 4.69) is 65.5 Å². The van der Waals surface area contributed by atoms with Gasteiger partial charge in [0, 0.05) is 16.9 Å². The molecule has 0 bridgehead atoms. The summed E-state index contributed by atoms with van der Waals surface area (Å²) >= 11 is 3.66. The molecule has 0 spiro atoms. The molecule has 0 aliphatic rings. The number of aryl methyl sites for hydroxylation is 1. The number of fused-ring (bicyclic) bond motifs is 1. The molecule has 0 amide bonds. The minimum atomic E-state index is 0.489. The number of aromatic nitrogens is 1. The van der Waals surface area contributed by atoms with Crippen molar-refractivity contribution in [3.63, 3.8) is 0 Å². The molecular formula is C12H14BrN. The Morgan fingerprint density at radius 2 is 1.86 bits per heavy atom. The summed E-state index contributed by atoms with van der Waals surface area (Å²) in [6, 6.07) is 9.02. The Labute approximate surface area is 92.9 Å². The molecule has 2 aromatic rings. The molecule has 2 rings (SSSR count). The second-order valence-electron chi connectivity index (χ2n) is 3.90. The van der Waals surface area contributed by atoms with Crippen molar-refractivity contribution in [2.24, 2.45) is 0 Å². The van der Waals surface area contributed by atoms with E-state index in [4.69, 9.17) is 0 Å². The molecule has 0 aliphatic heterocycles. The first-order valence-corrected chi connectivity index (χ1v) is 5.67. The van der Waals surface area contributed by atoms with Crippen LogP contribution in [0.2, 0.25) is 0 Å². The third kappa shape index (κ3) is 1.29. The van der Waals surface area contributed by atoms with Crippen molar-refractivity contribution in [2.45, 2.75) is 26.8 Å². The maximum atomic E-state index is 3.66. The third-order valence-corrected chi connectivity index (χ3v) is 3.58. The maximum absolute atomic E-state index is 3.66. The van der Waals surface area contributed by atoms with Gasteiger partial charge in [-0.15, -0.1) is 0 Å². The van der Waals surface area contributed by atoms with E-state index in [1.807, 2.05) is 0 Å². The predicted octanol–water partition coefficient (Wildman–Crippen LogP) is 4.29. The topological polar surface area (TPSA) is 4.93 Å². The summed E-state index contributed by atoms with van der Waals surface area (Å²) in [5.41, 5.74) is 2.64. The SMILES string of the molecule is Cc1c(Br)n(C(C)C)c2ccccc12. The van der Waals surface area contributed by atoms with Crippen LogP contribution >= 0.6 is 15.9 Å². The van der Waals surface area contributed by atoms with Gasteiger partial charge in [0.25, 0.3) is 0 Å². The van der Waals surface area contributed by atoms with Crippen LogP contribution in [0.15, 0.2) is 28.9 Å². The highest BCUT2D eigenvalue weighted by molar-refractivity contribution is 9.10. The van der Waals surface area contributed by atoms with Crippen LogP contribution in [0, 0.1) is 6.92 Å². The Balaban J connectivity index is 2.88. The van der Waals surface area contributed by atoms with E-state index in [0.717, 1.165) is 0 Å². The van der Waals surface area contributed by atoms with Crippen molar-refractivity contribution in [1.29, 1.82) is 0 Å². The maximum Gasteiger partial charge on any atom is 0.0889 e. The summed E-state index contributed by atoms with van der Waals surface area (Å²) in [4.78, 5) is 0. The number of nitrogens with zero attached hydrogens (tertiary/aromatic N) is 1. The molecule has 1 aromatic heterocycles. The lowest BCUT2D eigenvalue weighted by Crippen LogP contribution is -2.00. The lowest BCUT2D eigenvalue weighted by Gasteiger charge is -2.11. The molecule has 0 aliphatic carbocycles. The minimum absolute atomic E-state index is 0.489. The van der Waals surface area contributed by atoms with Crippen LogP contribution in [0.4, 0.5) is 0 Å². The van der Waals surface area contributed by atoms with Gasteiger partial charge in [-0.3, -0.25) is 0 Å². The zero-order valence-corrected chi connectivity index (χ0v) is 10.3. The summed E-state index contributed by atoms with van der Waals surface area (Å²) < 4.78 is 3.53. The van der Waals surface area contributed by atoms with Crippen molar-refractivity contribution >= 4 is 26.8 Å². The normalized spacial score (nSPS) is 11.5. The van der Waals surface area contributed by atoms with Gasteiger partial charge >= 0.3 is 0 Å². The van der Waals surface area contributed by atoms with Crippen molar-refractivity contribution in [3.8, 4) is 0 Å². The van der Waals surface area contributed by atoms with Gasteiger partial charge in [0.1, 0.15) is 0 Å². The highest BCUT2D eigenvalue weighted by Crippen LogP contribution is 2.32. The number of hydrogen-bond donors (Lipinski definition) is 0. The predicted molar refractivity (Wildman–Crippen MR) is 64.8 cm³/mol. The van der Waals surface area contributed by atoms with Gasteiger partial charge in [-0.1, -0.05) is 18.2 Å². The molecule has 0 saturated heterocycles. The van der Waals surface area contributed by atoms with E-state index in [1.54, 1.807) is 0 Å². The van der Waals surface area contributed by atoms with E-state index in [1.165, 1.54) is 21.1 Å². The molecule has 1 nitrogen and oxygen atoms in total. The number of halogens is 1. The Kier molecular flexibility index (Phi) is 2.40. The number of para-hydroxylation sites is 1. The molecule has 1 aromatic carbocycles. The fraction of sp³-hybridized carbons (Fsp3) is 0.333. The van der Waals surface area contributed by atoms with Gasteiger partial charge in [-0.2, -0.15) is 0 Å². The van der Waals surface area contributed by atoms with Crippen LogP contribution in [0.1, 0.15) is 25.5 Å². The summed E-state index contributed by atoms with van der Waals surface area (Å²) in [5, 5.41) is 1.34. The Bertz CT molecular complexity index is 468. The van der Waals surface area contributed by atoms with Gasteiger partial charge in [0.15, 0.2) is 0 Å². The van der Waals surface area contributed by atoms with Gasteiger partial charge in [-0.05, 0) is 48.3 Å². The lowest BCUT2D eigenvalue weighted by molar-refractivity contribution is 0.610. The zero-order valence-electron chi connectivity index (χ0n) is 8.71. The van der Waals surface area contributed by atoms with Crippen LogP contribution < -0.4 is 0 Å². The molecule has 14 heavy (non-hydrogen) atoms. The lowest BCUT2D eigenvalue weighted by atomic mass is 10.2. The van der Waals surface area contributed by atoms with E-state index in [-0.39, 0.29) is 0 Å². The number of hydrogen-bond acceptors (Lipinski definition) is 0. The average molecular weight is 252 g/mol. The van der Waals surface area contributed by atoms with E-state index < -0.39 is 0 Å².